The molecule has 0 aliphatic carbocycles. The van der Waals surface area contributed by atoms with Gasteiger partial charge in [-0.05, 0) is 42.8 Å². The van der Waals surface area contributed by atoms with Crippen molar-refractivity contribution in [2.45, 2.75) is 11.8 Å². The molecule has 3 rings (SSSR count). The van der Waals surface area contributed by atoms with Gasteiger partial charge in [-0.25, -0.2) is 13.4 Å². The Kier molecular flexibility index (Phi) is 4.82. The van der Waals surface area contributed by atoms with Crippen molar-refractivity contribution in [1.82, 2.24) is 4.98 Å². The Morgan fingerprint density at radius 3 is 2.64 bits per heavy atom. The molecule has 2 N–H and O–H groups in total. The van der Waals surface area contributed by atoms with Gasteiger partial charge in [0.1, 0.15) is 0 Å². The summed E-state index contributed by atoms with van der Waals surface area (Å²) >= 11 is 1.29. The number of aryl methyl sites for hydroxylation is 1. The first-order valence-electron chi connectivity index (χ1n) is 7.34. The third-order valence-corrected chi connectivity index (χ3v) is 5.40. The fourth-order valence-corrected chi connectivity index (χ4v) is 3.80. The molecule has 0 saturated heterocycles. The Morgan fingerprint density at radius 2 is 1.92 bits per heavy atom. The van der Waals surface area contributed by atoms with E-state index in [0.717, 1.165) is 5.56 Å². The lowest BCUT2D eigenvalue weighted by Gasteiger charge is -2.10. The zero-order chi connectivity index (χ0) is 17.9. The van der Waals surface area contributed by atoms with Crippen molar-refractivity contribution in [2.24, 2.45) is 0 Å². The van der Waals surface area contributed by atoms with Crippen LogP contribution < -0.4 is 10.0 Å². The quantitative estimate of drug-likeness (QED) is 0.716. The van der Waals surface area contributed by atoms with Crippen molar-refractivity contribution in [2.75, 3.05) is 10.0 Å². The summed E-state index contributed by atoms with van der Waals surface area (Å²) < 4.78 is 27.6. The predicted octanol–water partition coefficient (Wildman–Crippen LogP) is 3.50. The smallest absolute Gasteiger partial charge is 0.261 e. The summed E-state index contributed by atoms with van der Waals surface area (Å²) in [6.07, 6.45) is 1.58. The van der Waals surface area contributed by atoms with Crippen LogP contribution in [0, 0.1) is 6.92 Å². The second-order valence-electron chi connectivity index (χ2n) is 5.29. The summed E-state index contributed by atoms with van der Waals surface area (Å²) in [4.78, 5) is 16.2. The summed E-state index contributed by atoms with van der Waals surface area (Å²) in [6.45, 7) is 1.88. The van der Waals surface area contributed by atoms with Crippen molar-refractivity contribution in [3.63, 3.8) is 0 Å². The highest BCUT2D eigenvalue weighted by Crippen LogP contribution is 2.19. The number of nitrogens with zero attached hydrogens (tertiary/aromatic N) is 1. The van der Waals surface area contributed by atoms with E-state index in [-0.39, 0.29) is 10.5 Å². The van der Waals surface area contributed by atoms with Gasteiger partial charge in [0, 0.05) is 22.8 Å². The van der Waals surface area contributed by atoms with Crippen molar-refractivity contribution in [3.05, 3.63) is 71.2 Å². The summed E-state index contributed by atoms with van der Waals surface area (Å²) in [5.41, 5.74) is 1.65. The van der Waals surface area contributed by atoms with Crippen LogP contribution in [-0.2, 0) is 10.0 Å². The average Bonchev–Trinajstić information content (AvgIpc) is 3.07. The Bertz CT molecular complexity index is 999. The van der Waals surface area contributed by atoms with Crippen LogP contribution >= 0.6 is 11.3 Å². The largest absolute Gasteiger partial charge is 0.298 e. The number of sulfonamides is 1. The highest BCUT2D eigenvalue weighted by Gasteiger charge is 2.17. The molecule has 0 aliphatic rings. The standard InChI is InChI=1S/C17H15N3O3S2/c1-12-4-2-6-14(10-12)20-25(22,23)15-7-3-5-13(11-15)16(21)19-17-18-8-9-24-17/h2-11,20H,1H3,(H,18,19,21). The van der Waals surface area contributed by atoms with Gasteiger partial charge in [-0.3, -0.25) is 14.8 Å². The molecule has 0 atom stereocenters. The van der Waals surface area contributed by atoms with Crippen LogP contribution in [0.2, 0.25) is 0 Å². The molecular weight excluding hydrogens is 358 g/mol. The number of carbonyl (C=O) groups is 1. The Morgan fingerprint density at radius 1 is 1.12 bits per heavy atom. The van der Waals surface area contributed by atoms with Gasteiger partial charge < -0.3 is 0 Å². The minimum Gasteiger partial charge on any atom is -0.298 e. The van der Waals surface area contributed by atoms with E-state index >= 15 is 0 Å². The number of benzene rings is 2. The highest BCUT2D eigenvalue weighted by atomic mass is 32.2. The number of aromatic nitrogens is 1. The van der Waals surface area contributed by atoms with E-state index in [9.17, 15) is 13.2 Å². The number of amides is 1. The first kappa shape index (κ1) is 17.1. The summed E-state index contributed by atoms with van der Waals surface area (Å²) in [5.74, 6) is -0.414. The first-order valence-corrected chi connectivity index (χ1v) is 9.71. The number of rotatable bonds is 5. The molecule has 0 bridgehead atoms. The zero-order valence-corrected chi connectivity index (χ0v) is 14.9. The summed E-state index contributed by atoms with van der Waals surface area (Å²) in [6, 6.07) is 12.9. The van der Waals surface area contributed by atoms with E-state index in [1.807, 2.05) is 13.0 Å². The van der Waals surface area contributed by atoms with E-state index in [4.69, 9.17) is 0 Å². The van der Waals surface area contributed by atoms with Gasteiger partial charge in [0.25, 0.3) is 15.9 Å². The molecule has 0 unspecified atom stereocenters. The second-order valence-corrected chi connectivity index (χ2v) is 7.87. The normalized spacial score (nSPS) is 11.1. The van der Waals surface area contributed by atoms with Crippen molar-refractivity contribution in [3.8, 4) is 0 Å². The van der Waals surface area contributed by atoms with Gasteiger partial charge in [-0.2, -0.15) is 0 Å². The monoisotopic (exact) mass is 373 g/mol. The van der Waals surface area contributed by atoms with Crippen molar-refractivity contribution < 1.29 is 13.2 Å². The molecule has 0 aliphatic heterocycles. The third-order valence-electron chi connectivity index (χ3n) is 3.33. The SMILES string of the molecule is Cc1cccc(NS(=O)(=O)c2cccc(C(=O)Nc3nccs3)c2)c1. The van der Waals surface area contributed by atoms with Crippen LogP contribution in [0.4, 0.5) is 10.8 Å². The topological polar surface area (TPSA) is 88.2 Å². The van der Waals surface area contributed by atoms with Crippen LogP contribution in [0.5, 0.6) is 0 Å². The van der Waals surface area contributed by atoms with Gasteiger partial charge in [0.15, 0.2) is 5.13 Å². The number of hydrogen-bond donors (Lipinski definition) is 2. The minimum atomic E-state index is -3.79. The van der Waals surface area contributed by atoms with Crippen LogP contribution in [0.3, 0.4) is 0 Å². The van der Waals surface area contributed by atoms with E-state index in [2.05, 4.69) is 15.0 Å². The summed E-state index contributed by atoms with van der Waals surface area (Å²) in [5, 5.41) is 4.82. The van der Waals surface area contributed by atoms with Crippen LogP contribution in [0.25, 0.3) is 0 Å². The molecule has 1 amide bonds. The second kappa shape index (κ2) is 7.04. The van der Waals surface area contributed by atoms with Gasteiger partial charge in [-0.15, -0.1) is 11.3 Å². The Labute approximate surface area is 149 Å². The van der Waals surface area contributed by atoms with Crippen molar-refractivity contribution >= 4 is 38.1 Å². The molecule has 0 fully saturated rings. The molecular formula is C17H15N3O3S2. The molecule has 2 aromatic carbocycles. The molecule has 1 heterocycles. The lowest BCUT2D eigenvalue weighted by molar-refractivity contribution is 0.102. The zero-order valence-electron chi connectivity index (χ0n) is 13.3. The lowest BCUT2D eigenvalue weighted by Crippen LogP contribution is -2.16. The van der Waals surface area contributed by atoms with Crippen LogP contribution in [-0.4, -0.2) is 19.3 Å². The number of thiazole rings is 1. The minimum absolute atomic E-state index is 0.0146. The van der Waals surface area contributed by atoms with Gasteiger partial charge in [0.2, 0.25) is 0 Å². The average molecular weight is 373 g/mol. The van der Waals surface area contributed by atoms with E-state index in [0.29, 0.717) is 10.8 Å². The lowest BCUT2D eigenvalue weighted by atomic mass is 10.2. The fourth-order valence-electron chi connectivity index (χ4n) is 2.18. The molecule has 8 heteroatoms. The number of hydrogen-bond acceptors (Lipinski definition) is 5. The van der Waals surface area contributed by atoms with Gasteiger partial charge >= 0.3 is 0 Å². The molecule has 128 valence electrons. The number of carbonyl (C=O) groups excluding carboxylic acids is 1. The van der Waals surface area contributed by atoms with E-state index in [1.54, 1.807) is 35.8 Å². The van der Waals surface area contributed by atoms with Gasteiger partial charge in [0.05, 0.1) is 4.90 Å². The van der Waals surface area contributed by atoms with Crippen molar-refractivity contribution in [1.29, 1.82) is 0 Å². The molecule has 0 saturated carbocycles. The maximum atomic E-state index is 12.6. The molecule has 1 aromatic heterocycles. The maximum absolute atomic E-state index is 12.6. The number of anilines is 2. The molecule has 6 nitrogen and oxygen atoms in total. The molecule has 3 aromatic rings. The fraction of sp³-hybridized carbons (Fsp3) is 0.0588. The summed E-state index contributed by atoms with van der Waals surface area (Å²) in [7, 11) is -3.79. The van der Waals surface area contributed by atoms with E-state index in [1.165, 1.54) is 29.5 Å². The molecule has 25 heavy (non-hydrogen) atoms. The Hall–Kier alpha value is -2.71. The third kappa shape index (κ3) is 4.23. The van der Waals surface area contributed by atoms with Crippen LogP contribution in [0.15, 0.2) is 65.0 Å². The van der Waals surface area contributed by atoms with Gasteiger partial charge in [-0.1, -0.05) is 18.2 Å². The molecule has 0 spiro atoms. The maximum Gasteiger partial charge on any atom is 0.261 e. The first-order chi connectivity index (χ1) is 11.9. The predicted molar refractivity (Wildman–Crippen MR) is 98.5 cm³/mol. The van der Waals surface area contributed by atoms with E-state index < -0.39 is 15.9 Å². The molecule has 0 radical (unpaired) electrons. The number of nitrogens with one attached hydrogen (secondary N) is 2. The van der Waals surface area contributed by atoms with Crippen LogP contribution in [0.1, 0.15) is 15.9 Å². The Balaban J connectivity index is 1.83. The highest BCUT2D eigenvalue weighted by molar-refractivity contribution is 7.92.